The van der Waals surface area contributed by atoms with E-state index in [2.05, 4.69) is 106 Å². The molecule has 1 unspecified atom stereocenters. The fourth-order valence-electron chi connectivity index (χ4n) is 9.19. The summed E-state index contributed by atoms with van der Waals surface area (Å²) in [5.41, 5.74) is 0. The Morgan fingerprint density at radius 2 is 0.558 bits per heavy atom. The Bertz CT molecular complexity index is 1510. The molecule has 0 saturated carbocycles. The molecule has 0 aliphatic heterocycles. The summed E-state index contributed by atoms with van der Waals surface area (Å²) < 4.78 is 16.8. The molecule has 0 aliphatic rings. The minimum atomic E-state index is -0.820. The zero-order valence-corrected chi connectivity index (χ0v) is 50.7. The van der Waals surface area contributed by atoms with Gasteiger partial charge in [-0.1, -0.05) is 291 Å². The van der Waals surface area contributed by atoms with E-state index in [0.29, 0.717) is 12.8 Å². The maximum atomic E-state index is 12.9. The van der Waals surface area contributed by atoms with Crippen LogP contribution in [0, 0.1) is 0 Å². The number of unbranched alkanes of at least 4 members (excludes halogenated alkanes) is 33. The molecule has 0 N–H and O–H groups in total. The minimum Gasteiger partial charge on any atom is -0.462 e. The lowest BCUT2D eigenvalue weighted by Crippen LogP contribution is -2.30. The number of rotatable bonds is 59. The Morgan fingerprint density at radius 1 is 0.286 bits per heavy atom. The second-order valence-corrected chi connectivity index (χ2v) is 21.7. The van der Waals surface area contributed by atoms with Gasteiger partial charge in [-0.05, 0) is 103 Å². The van der Waals surface area contributed by atoms with E-state index < -0.39 is 12.1 Å². The molecule has 0 radical (unpaired) electrons. The quantitative estimate of drug-likeness (QED) is 0.0261. The first-order valence-electron chi connectivity index (χ1n) is 32.7. The average Bonchev–Trinajstić information content (AvgIpc) is 3.43. The van der Waals surface area contributed by atoms with Crippen LogP contribution < -0.4 is 0 Å². The van der Waals surface area contributed by atoms with E-state index in [-0.39, 0.29) is 31.6 Å². The van der Waals surface area contributed by atoms with Crippen LogP contribution in [0.15, 0.2) is 97.2 Å². The molecule has 0 bridgehead atoms. The van der Waals surface area contributed by atoms with Crippen molar-refractivity contribution in [1.82, 2.24) is 0 Å². The van der Waals surface area contributed by atoms with Gasteiger partial charge in [-0.15, -0.1) is 0 Å². The predicted molar refractivity (Wildman–Crippen MR) is 334 cm³/mol. The normalized spacial score (nSPS) is 12.7. The molecule has 1 atom stereocenters. The molecule has 6 heteroatoms. The Hall–Kier alpha value is -3.67. The second kappa shape index (κ2) is 64.9. The van der Waals surface area contributed by atoms with Gasteiger partial charge in [0.1, 0.15) is 13.2 Å². The van der Waals surface area contributed by atoms with Crippen LogP contribution in [0.4, 0.5) is 0 Å². The lowest BCUT2D eigenvalue weighted by molar-refractivity contribution is -0.166. The molecule has 442 valence electrons. The lowest BCUT2D eigenvalue weighted by atomic mass is 10.0. The summed E-state index contributed by atoms with van der Waals surface area (Å²) in [6.45, 7) is 6.45. The first kappa shape index (κ1) is 73.3. The van der Waals surface area contributed by atoms with Gasteiger partial charge in [0.25, 0.3) is 0 Å². The number of hydrogen-bond acceptors (Lipinski definition) is 6. The smallest absolute Gasteiger partial charge is 0.309 e. The van der Waals surface area contributed by atoms with Crippen molar-refractivity contribution in [1.29, 1.82) is 0 Å². The molecule has 0 heterocycles. The first-order valence-corrected chi connectivity index (χ1v) is 32.7. The summed E-state index contributed by atoms with van der Waals surface area (Å²) in [5, 5.41) is 0. The highest BCUT2D eigenvalue weighted by molar-refractivity contribution is 5.72. The summed E-state index contributed by atoms with van der Waals surface area (Å²) in [4.78, 5) is 38.3. The van der Waals surface area contributed by atoms with Gasteiger partial charge in [-0.3, -0.25) is 14.4 Å². The van der Waals surface area contributed by atoms with Gasteiger partial charge in [0, 0.05) is 12.8 Å². The molecule has 0 aromatic rings. The topological polar surface area (TPSA) is 78.9 Å². The van der Waals surface area contributed by atoms with Gasteiger partial charge in [-0.2, -0.15) is 0 Å². The first-order chi connectivity index (χ1) is 38.0. The third kappa shape index (κ3) is 63.0. The van der Waals surface area contributed by atoms with Gasteiger partial charge >= 0.3 is 17.9 Å². The standard InChI is InChI=1S/C71H122O6/c1-4-7-10-13-16-19-22-25-28-30-32-33-34-35-36-37-39-40-43-46-49-52-55-58-61-64-70(73)76-67-68(66-75-69(72)63-60-57-54-51-48-45-42-27-24-21-18-15-12-9-6-3)77-71(74)65-62-59-56-53-50-47-44-41-38-31-29-26-23-20-17-14-11-8-5-2/h9,12,18,21-22,25-27,29-30,32,42,48,51,57,60,68H,4-8,10-11,13-17,19-20,23-24,28,31,33-41,43-47,49-50,52-56,58-59,61-67H2,1-3H3/b12-9-,21-18-,25-22-,29-26-,32-30-,42-27-,51-48-,60-57-. The Morgan fingerprint density at radius 3 is 0.922 bits per heavy atom. The van der Waals surface area contributed by atoms with Crippen LogP contribution in [0.2, 0.25) is 0 Å². The molecule has 0 aromatic carbocycles. The number of esters is 3. The fourth-order valence-corrected chi connectivity index (χ4v) is 9.19. The number of hydrogen-bond donors (Lipinski definition) is 0. The SMILES string of the molecule is CC/C=C\C/C=C\C/C=C\C/C=C\C/C=C\CC(=O)OCC(COC(=O)CCCCCCCCCCCCCCC/C=C\C/C=C\CCCCCCC)OC(=O)CCCCCCCCCCC/C=C\CCCCCCCC. The van der Waals surface area contributed by atoms with Crippen LogP contribution >= 0.6 is 0 Å². The van der Waals surface area contributed by atoms with Crippen molar-refractivity contribution in [2.45, 2.75) is 322 Å². The van der Waals surface area contributed by atoms with Crippen LogP contribution in [0.3, 0.4) is 0 Å². The molecular weight excluding hydrogens is 949 g/mol. The average molecular weight is 1070 g/mol. The highest BCUT2D eigenvalue weighted by Crippen LogP contribution is 2.16. The lowest BCUT2D eigenvalue weighted by Gasteiger charge is -2.18. The van der Waals surface area contributed by atoms with Crippen molar-refractivity contribution >= 4 is 17.9 Å². The molecule has 0 aromatic heterocycles. The van der Waals surface area contributed by atoms with Gasteiger partial charge in [0.15, 0.2) is 6.10 Å². The molecule has 0 fully saturated rings. The summed E-state index contributed by atoms with van der Waals surface area (Å²) in [6, 6.07) is 0. The molecule has 6 nitrogen and oxygen atoms in total. The van der Waals surface area contributed by atoms with Crippen molar-refractivity contribution < 1.29 is 28.6 Å². The molecular formula is C71H122O6. The molecule has 0 rings (SSSR count). The van der Waals surface area contributed by atoms with Crippen LogP contribution in [0.5, 0.6) is 0 Å². The van der Waals surface area contributed by atoms with Crippen molar-refractivity contribution in [2.75, 3.05) is 13.2 Å². The van der Waals surface area contributed by atoms with E-state index in [4.69, 9.17) is 14.2 Å². The Labute approximate surface area is 477 Å². The van der Waals surface area contributed by atoms with E-state index in [1.165, 1.54) is 199 Å². The maximum Gasteiger partial charge on any atom is 0.309 e. The van der Waals surface area contributed by atoms with Crippen LogP contribution in [-0.2, 0) is 28.6 Å². The second-order valence-electron chi connectivity index (χ2n) is 21.7. The molecule has 77 heavy (non-hydrogen) atoms. The van der Waals surface area contributed by atoms with Gasteiger partial charge in [0.05, 0.1) is 6.42 Å². The van der Waals surface area contributed by atoms with E-state index >= 15 is 0 Å². The van der Waals surface area contributed by atoms with Crippen LogP contribution in [-0.4, -0.2) is 37.2 Å². The highest BCUT2D eigenvalue weighted by Gasteiger charge is 2.19. The molecule has 0 spiro atoms. The Balaban J connectivity index is 4.38. The number of allylic oxidation sites excluding steroid dienone is 15. The van der Waals surface area contributed by atoms with E-state index in [9.17, 15) is 14.4 Å². The molecule has 0 aliphatic carbocycles. The number of carbonyl (C=O) groups is 3. The van der Waals surface area contributed by atoms with E-state index in [1.807, 2.05) is 6.08 Å². The summed E-state index contributed by atoms with van der Waals surface area (Å²) in [6.07, 6.45) is 87.3. The molecule has 0 saturated heterocycles. The molecule has 0 amide bonds. The monoisotopic (exact) mass is 1070 g/mol. The zero-order chi connectivity index (χ0) is 55.7. The van der Waals surface area contributed by atoms with E-state index in [1.54, 1.807) is 6.08 Å². The van der Waals surface area contributed by atoms with E-state index in [0.717, 1.165) is 77.0 Å². The summed E-state index contributed by atoms with van der Waals surface area (Å²) in [7, 11) is 0. The minimum absolute atomic E-state index is 0.107. The fraction of sp³-hybridized carbons (Fsp3) is 0.732. The van der Waals surface area contributed by atoms with Crippen molar-refractivity contribution in [3.05, 3.63) is 97.2 Å². The number of ether oxygens (including phenoxy) is 3. The predicted octanol–water partition coefficient (Wildman–Crippen LogP) is 22.4. The van der Waals surface area contributed by atoms with Crippen LogP contribution in [0.25, 0.3) is 0 Å². The number of carbonyl (C=O) groups excluding carboxylic acids is 3. The summed E-state index contributed by atoms with van der Waals surface area (Å²) in [5.74, 6) is -1.03. The van der Waals surface area contributed by atoms with Crippen LogP contribution in [0.1, 0.15) is 316 Å². The van der Waals surface area contributed by atoms with Gasteiger partial charge in [-0.25, -0.2) is 0 Å². The largest absolute Gasteiger partial charge is 0.462 e. The third-order valence-corrected chi connectivity index (χ3v) is 14.1. The van der Waals surface area contributed by atoms with Crippen molar-refractivity contribution in [3.8, 4) is 0 Å². The van der Waals surface area contributed by atoms with Crippen molar-refractivity contribution in [3.63, 3.8) is 0 Å². The summed E-state index contributed by atoms with van der Waals surface area (Å²) >= 11 is 0. The van der Waals surface area contributed by atoms with Gasteiger partial charge in [0.2, 0.25) is 0 Å². The Kier molecular flexibility index (Phi) is 61.8. The van der Waals surface area contributed by atoms with Gasteiger partial charge < -0.3 is 14.2 Å². The maximum absolute atomic E-state index is 12.9. The highest BCUT2D eigenvalue weighted by atomic mass is 16.6. The zero-order valence-electron chi connectivity index (χ0n) is 50.7. The van der Waals surface area contributed by atoms with Crippen molar-refractivity contribution in [2.24, 2.45) is 0 Å². The third-order valence-electron chi connectivity index (χ3n) is 14.1.